The number of hydrogen-bond donors (Lipinski definition) is 1. The summed E-state index contributed by atoms with van der Waals surface area (Å²) >= 11 is 0. The van der Waals surface area contributed by atoms with Crippen LogP contribution in [0.2, 0.25) is 0 Å². The number of sulfonamides is 1. The normalized spacial score (nSPS) is 28.2. The van der Waals surface area contributed by atoms with Crippen molar-refractivity contribution in [2.45, 2.75) is 57.4 Å². The molecule has 7 nitrogen and oxygen atoms in total. The standard InChI is InChI=1S/C20H31N3O4S/c1-19(2,3)20(18(24)25)9-5-4-8-17(20)22-11-13-23(14-12-22)28(26,27)16-7-6-10-21-15-16/h6-7,10,15,17H,4-5,8-9,11-14H2,1-3H3,(H,24,25)/t17-,20-/m1/s1. The molecule has 1 aliphatic heterocycles. The number of hydrogen-bond acceptors (Lipinski definition) is 5. The molecule has 1 saturated carbocycles. The molecule has 2 fully saturated rings. The van der Waals surface area contributed by atoms with E-state index in [0.717, 1.165) is 19.3 Å². The molecule has 0 unspecified atom stereocenters. The first-order valence-electron chi connectivity index (χ1n) is 9.98. The smallest absolute Gasteiger partial charge is 0.311 e. The number of piperazine rings is 1. The fourth-order valence-electron chi connectivity index (χ4n) is 5.00. The topological polar surface area (TPSA) is 90.8 Å². The SMILES string of the molecule is CC(C)(C)[C@]1(C(=O)O)CCCC[C@H]1N1CCN(S(=O)(=O)c2cccnc2)CC1. The quantitative estimate of drug-likeness (QED) is 0.821. The number of rotatable bonds is 4. The summed E-state index contributed by atoms with van der Waals surface area (Å²) in [6.07, 6.45) is 6.39. The molecule has 0 radical (unpaired) electrons. The number of pyridine rings is 1. The average molecular weight is 410 g/mol. The number of carbonyl (C=O) groups is 1. The number of aliphatic carboxylic acids is 1. The molecule has 28 heavy (non-hydrogen) atoms. The van der Waals surface area contributed by atoms with Crippen molar-refractivity contribution in [2.24, 2.45) is 10.8 Å². The van der Waals surface area contributed by atoms with Crippen LogP contribution in [0.3, 0.4) is 0 Å². The van der Waals surface area contributed by atoms with E-state index in [1.165, 1.54) is 10.5 Å². The van der Waals surface area contributed by atoms with Crippen LogP contribution in [0.15, 0.2) is 29.4 Å². The van der Waals surface area contributed by atoms with Crippen molar-refractivity contribution in [1.82, 2.24) is 14.2 Å². The fourth-order valence-corrected chi connectivity index (χ4v) is 6.38. The zero-order valence-electron chi connectivity index (χ0n) is 17.0. The minimum absolute atomic E-state index is 0.0676. The van der Waals surface area contributed by atoms with Gasteiger partial charge in [-0.3, -0.25) is 14.7 Å². The number of carboxylic acid groups (broad SMARTS) is 1. The molecule has 2 atom stereocenters. The summed E-state index contributed by atoms with van der Waals surface area (Å²) in [7, 11) is -3.56. The molecule has 0 spiro atoms. The van der Waals surface area contributed by atoms with Crippen LogP contribution in [0.5, 0.6) is 0 Å². The molecule has 1 aliphatic carbocycles. The third-order valence-corrected chi connectivity index (χ3v) is 8.46. The van der Waals surface area contributed by atoms with E-state index in [2.05, 4.69) is 9.88 Å². The highest BCUT2D eigenvalue weighted by Gasteiger charge is 2.57. The lowest BCUT2D eigenvalue weighted by molar-refractivity contribution is -0.169. The molecule has 156 valence electrons. The van der Waals surface area contributed by atoms with E-state index in [1.54, 1.807) is 18.3 Å². The molecule has 2 aliphatic rings. The summed E-state index contributed by atoms with van der Waals surface area (Å²) in [6.45, 7) is 7.89. The molecule has 2 heterocycles. The van der Waals surface area contributed by atoms with Gasteiger partial charge >= 0.3 is 5.97 Å². The Morgan fingerprint density at radius 2 is 1.89 bits per heavy atom. The molecule has 1 N–H and O–H groups in total. The van der Waals surface area contributed by atoms with Crippen LogP contribution in [0.1, 0.15) is 46.5 Å². The van der Waals surface area contributed by atoms with E-state index in [4.69, 9.17) is 0 Å². The minimum Gasteiger partial charge on any atom is -0.481 e. The zero-order chi connectivity index (χ0) is 20.6. The molecule has 1 aromatic heterocycles. The van der Waals surface area contributed by atoms with Gasteiger partial charge in [0.05, 0.1) is 5.41 Å². The fraction of sp³-hybridized carbons (Fsp3) is 0.700. The van der Waals surface area contributed by atoms with Gasteiger partial charge in [-0.1, -0.05) is 33.6 Å². The van der Waals surface area contributed by atoms with Gasteiger partial charge in [-0.15, -0.1) is 0 Å². The summed E-state index contributed by atoms with van der Waals surface area (Å²) in [5.74, 6) is -0.727. The van der Waals surface area contributed by atoms with E-state index in [-0.39, 0.29) is 16.4 Å². The Kier molecular flexibility index (Phi) is 5.85. The van der Waals surface area contributed by atoms with E-state index in [0.29, 0.717) is 32.6 Å². The Balaban J connectivity index is 1.79. The Morgan fingerprint density at radius 3 is 2.43 bits per heavy atom. The van der Waals surface area contributed by atoms with Gasteiger partial charge in [0.2, 0.25) is 10.0 Å². The Hall–Kier alpha value is -1.51. The molecule has 1 saturated heterocycles. The van der Waals surface area contributed by atoms with Crippen molar-refractivity contribution in [3.8, 4) is 0 Å². The van der Waals surface area contributed by atoms with Gasteiger partial charge in [-0.25, -0.2) is 8.42 Å². The van der Waals surface area contributed by atoms with Crippen molar-refractivity contribution in [1.29, 1.82) is 0 Å². The summed E-state index contributed by atoms with van der Waals surface area (Å²) in [4.78, 5) is 18.8. The highest BCUT2D eigenvalue weighted by Crippen LogP contribution is 2.51. The first-order chi connectivity index (χ1) is 13.1. The molecule has 8 heteroatoms. The summed E-state index contributed by atoms with van der Waals surface area (Å²) < 4.78 is 27.2. The van der Waals surface area contributed by atoms with Crippen molar-refractivity contribution < 1.29 is 18.3 Å². The van der Waals surface area contributed by atoms with Gasteiger partial charge in [0.1, 0.15) is 4.90 Å². The van der Waals surface area contributed by atoms with Crippen LogP contribution in [-0.4, -0.2) is 65.9 Å². The maximum Gasteiger partial charge on any atom is 0.311 e. The maximum absolute atomic E-state index is 12.8. The molecule has 0 aromatic carbocycles. The van der Waals surface area contributed by atoms with Crippen molar-refractivity contribution in [3.05, 3.63) is 24.5 Å². The van der Waals surface area contributed by atoms with Gasteiger partial charge in [-0.05, 0) is 30.4 Å². The molecule has 1 aromatic rings. The summed E-state index contributed by atoms with van der Waals surface area (Å²) in [5.41, 5.74) is -1.18. The monoisotopic (exact) mass is 409 g/mol. The number of aromatic nitrogens is 1. The lowest BCUT2D eigenvalue weighted by atomic mass is 9.56. The van der Waals surface area contributed by atoms with Crippen molar-refractivity contribution in [3.63, 3.8) is 0 Å². The Morgan fingerprint density at radius 1 is 1.21 bits per heavy atom. The largest absolute Gasteiger partial charge is 0.481 e. The minimum atomic E-state index is -3.56. The van der Waals surface area contributed by atoms with Crippen molar-refractivity contribution in [2.75, 3.05) is 26.2 Å². The summed E-state index contributed by atoms with van der Waals surface area (Å²) in [5, 5.41) is 10.2. The summed E-state index contributed by atoms with van der Waals surface area (Å²) in [6, 6.07) is 3.11. The van der Waals surface area contributed by atoms with Gasteiger partial charge in [-0.2, -0.15) is 4.31 Å². The van der Waals surface area contributed by atoms with Gasteiger partial charge in [0.15, 0.2) is 0 Å². The predicted molar refractivity (Wildman–Crippen MR) is 106 cm³/mol. The molecule has 0 bridgehead atoms. The van der Waals surface area contributed by atoms with Crippen LogP contribution in [0.4, 0.5) is 0 Å². The number of nitrogens with zero attached hydrogens (tertiary/aromatic N) is 3. The van der Waals surface area contributed by atoms with E-state index < -0.39 is 21.4 Å². The molecule has 3 rings (SSSR count). The van der Waals surface area contributed by atoms with Crippen LogP contribution in [0, 0.1) is 10.8 Å². The Labute approximate surface area is 167 Å². The molecular formula is C20H31N3O4S. The first kappa shape index (κ1) is 21.2. The maximum atomic E-state index is 12.8. The molecule has 0 amide bonds. The second-order valence-electron chi connectivity index (χ2n) is 8.92. The van der Waals surface area contributed by atoms with E-state index >= 15 is 0 Å². The lowest BCUT2D eigenvalue weighted by Gasteiger charge is -2.54. The number of carboxylic acids is 1. The lowest BCUT2D eigenvalue weighted by Crippen LogP contribution is -2.63. The average Bonchev–Trinajstić information content (AvgIpc) is 2.67. The van der Waals surface area contributed by atoms with Crippen LogP contribution in [-0.2, 0) is 14.8 Å². The highest BCUT2D eigenvalue weighted by molar-refractivity contribution is 7.89. The predicted octanol–water partition coefficient (Wildman–Crippen LogP) is 2.45. The molecular weight excluding hydrogens is 378 g/mol. The van der Waals surface area contributed by atoms with Crippen LogP contribution >= 0.6 is 0 Å². The Bertz CT molecular complexity index is 798. The van der Waals surface area contributed by atoms with Crippen molar-refractivity contribution >= 4 is 16.0 Å². The van der Waals surface area contributed by atoms with Crippen LogP contribution < -0.4 is 0 Å². The van der Waals surface area contributed by atoms with Gasteiger partial charge < -0.3 is 5.11 Å². The second-order valence-corrected chi connectivity index (χ2v) is 10.9. The second kappa shape index (κ2) is 7.72. The zero-order valence-corrected chi connectivity index (χ0v) is 17.8. The van der Waals surface area contributed by atoms with Crippen LogP contribution in [0.25, 0.3) is 0 Å². The van der Waals surface area contributed by atoms with Gasteiger partial charge in [0, 0.05) is 44.6 Å². The highest BCUT2D eigenvalue weighted by atomic mass is 32.2. The third kappa shape index (κ3) is 3.57. The van der Waals surface area contributed by atoms with E-state index in [9.17, 15) is 18.3 Å². The van der Waals surface area contributed by atoms with E-state index in [1.807, 2.05) is 20.8 Å². The third-order valence-electron chi connectivity index (χ3n) is 6.57. The van der Waals surface area contributed by atoms with Gasteiger partial charge in [0.25, 0.3) is 0 Å². The first-order valence-corrected chi connectivity index (χ1v) is 11.4.